The smallest absolute Gasteiger partial charge is 0.295 e. The topological polar surface area (TPSA) is 73.1 Å². The van der Waals surface area contributed by atoms with E-state index in [1.807, 2.05) is 36.4 Å². The molecule has 1 N–H and O–H groups in total. The first kappa shape index (κ1) is 18.4. The maximum absolute atomic E-state index is 12.5. The van der Waals surface area contributed by atoms with Crippen LogP contribution in [0, 0.1) is 0 Å². The molecule has 0 fully saturated rings. The van der Waals surface area contributed by atoms with Crippen LogP contribution in [0.4, 0.5) is 0 Å². The number of rotatable bonds is 6. The molecule has 1 heterocycles. The van der Waals surface area contributed by atoms with Gasteiger partial charge in [0.05, 0.1) is 15.9 Å². The molecule has 7 heteroatoms. The van der Waals surface area contributed by atoms with E-state index in [1.165, 1.54) is 0 Å². The Morgan fingerprint density at radius 3 is 2.23 bits per heavy atom. The number of fused-ring (bicyclic) bond motifs is 1. The predicted molar refractivity (Wildman–Crippen MR) is 103 cm³/mol. The number of hydrogen-bond acceptors (Lipinski definition) is 3. The van der Waals surface area contributed by atoms with E-state index in [-0.39, 0.29) is 23.7 Å². The van der Waals surface area contributed by atoms with Gasteiger partial charge in [-0.05, 0) is 35.7 Å². The first-order valence-electron chi connectivity index (χ1n) is 8.55. The summed E-state index contributed by atoms with van der Waals surface area (Å²) in [6.07, 6.45) is 0. The highest BCUT2D eigenvalue weighted by Gasteiger charge is 2.15. The summed E-state index contributed by atoms with van der Waals surface area (Å²) < 4.78 is 30.6. The molecule has 3 rings (SSSR count). The van der Waals surface area contributed by atoms with Crippen LogP contribution in [0.25, 0.3) is 11.0 Å². The van der Waals surface area contributed by atoms with Gasteiger partial charge >= 0.3 is 5.69 Å². The summed E-state index contributed by atoms with van der Waals surface area (Å²) in [6, 6.07) is 14.3. The molecule has 3 aromatic rings. The number of imidazole rings is 1. The van der Waals surface area contributed by atoms with Crippen LogP contribution in [0.1, 0.15) is 25.3 Å². The van der Waals surface area contributed by atoms with Gasteiger partial charge in [-0.3, -0.25) is 9.13 Å². The van der Waals surface area contributed by atoms with Crippen LogP contribution in [-0.4, -0.2) is 24.1 Å². The largest absolute Gasteiger partial charge is 0.328 e. The van der Waals surface area contributed by atoms with Crippen LogP contribution in [0.15, 0.2) is 58.2 Å². The number of nitrogens with one attached hydrogen (secondary N) is 1. The van der Waals surface area contributed by atoms with E-state index < -0.39 is 10.0 Å². The van der Waals surface area contributed by atoms with Gasteiger partial charge in [-0.15, -0.1) is 0 Å². The standard InChI is InChI=1S/C19H23N3O3S/c1-14(2)15-8-10-16(11-9-15)26(24,25)20-12-13-22-18-7-5-4-6-17(18)21(3)19(22)23/h4-11,14,20H,12-13H2,1-3H3. The van der Waals surface area contributed by atoms with Gasteiger partial charge in [0.1, 0.15) is 0 Å². The third-order valence-electron chi connectivity index (χ3n) is 4.54. The SMILES string of the molecule is CC(C)c1ccc(S(=O)(=O)NCCn2c(=O)n(C)c3ccccc32)cc1. The Balaban J connectivity index is 1.75. The summed E-state index contributed by atoms with van der Waals surface area (Å²) in [7, 11) is -1.89. The van der Waals surface area contributed by atoms with Crippen molar-refractivity contribution in [3.8, 4) is 0 Å². The van der Waals surface area contributed by atoms with Gasteiger partial charge in [0.15, 0.2) is 0 Å². The second-order valence-electron chi connectivity index (χ2n) is 6.60. The van der Waals surface area contributed by atoms with Gasteiger partial charge in [-0.1, -0.05) is 38.1 Å². The Hall–Kier alpha value is -2.38. The van der Waals surface area contributed by atoms with E-state index in [9.17, 15) is 13.2 Å². The first-order valence-corrected chi connectivity index (χ1v) is 10.0. The fourth-order valence-corrected chi connectivity index (χ4v) is 4.01. The average molecular weight is 373 g/mol. The van der Waals surface area contributed by atoms with Crippen LogP contribution >= 0.6 is 0 Å². The molecule has 0 bridgehead atoms. The molecule has 1 aromatic heterocycles. The van der Waals surface area contributed by atoms with E-state index in [1.54, 1.807) is 28.3 Å². The van der Waals surface area contributed by atoms with E-state index in [0.29, 0.717) is 5.92 Å². The molecule has 2 aromatic carbocycles. The number of aromatic nitrogens is 2. The molecule has 0 radical (unpaired) electrons. The van der Waals surface area contributed by atoms with Crippen molar-refractivity contribution in [3.63, 3.8) is 0 Å². The number of aryl methyl sites for hydroxylation is 1. The molecule has 0 aliphatic heterocycles. The van der Waals surface area contributed by atoms with E-state index in [4.69, 9.17) is 0 Å². The monoisotopic (exact) mass is 373 g/mol. The number of hydrogen-bond donors (Lipinski definition) is 1. The lowest BCUT2D eigenvalue weighted by atomic mass is 10.0. The van der Waals surface area contributed by atoms with Crippen molar-refractivity contribution >= 4 is 21.1 Å². The van der Waals surface area contributed by atoms with Crippen LogP contribution in [0.5, 0.6) is 0 Å². The van der Waals surface area contributed by atoms with Crippen LogP contribution in [-0.2, 0) is 23.6 Å². The Bertz CT molecular complexity index is 1080. The minimum atomic E-state index is -3.60. The Labute approximate surface area is 153 Å². The number of para-hydroxylation sites is 2. The second kappa shape index (κ2) is 7.09. The molecular weight excluding hydrogens is 350 g/mol. The van der Waals surface area contributed by atoms with Gasteiger partial charge in [0.25, 0.3) is 0 Å². The molecule has 26 heavy (non-hydrogen) atoms. The fraction of sp³-hybridized carbons (Fsp3) is 0.316. The molecule has 0 spiro atoms. The van der Waals surface area contributed by atoms with Gasteiger partial charge in [-0.25, -0.2) is 17.9 Å². The van der Waals surface area contributed by atoms with Crippen LogP contribution in [0.3, 0.4) is 0 Å². The number of benzene rings is 2. The number of sulfonamides is 1. The third kappa shape index (κ3) is 3.45. The Morgan fingerprint density at radius 1 is 1.00 bits per heavy atom. The normalized spacial score (nSPS) is 12.2. The molecule has 0 saturated heterocycles. The van der Waals surface area contributed by atoms with E-state index >= 15 is 0 Å². The summed E-state index contributed by atoms with van der Waals surface area (Å²) >= 11 is 0. The highest BCUT2D eigenvalue weighted by atomic mass is 32.2. The summed E-state index contributed by atoms with van der Waals surface area (Å²) in [5.41, 5.74) is 2.54. The van der Waals surface area contributed by atoms with Gasteiger partial charge in [0, 0.05) is 20.1 Å². The minimum absolute atomic E-state index is 0.141. The second-order valence-corrected chi connectivity index (χ2v) is 8.37. The summed E-state index contributed by atoms with van der Waals surface area (Å²) in [5, 5.41) is 0. The van der Waals surface area contributed by atoms with Crippen LogP contribution < -0.4 is 10.4 Å². The maximum Gasteiger partial charge on any atom is 0.328 e. The molecular formula is C19H23N3O3S. The average Bonchev–Trinajstić information content (AvgIpc) is 2.87. The van der Waals surface area contributed by atoms with Crippen molar-refractivity contribution in [2.75, 3.05) is 6.54 Å². The lowest BCUT2D eigenvalue weighted by Crippen LogP contribution is -2.31. The minimum Gasteiger partial charge on any atom is -0.295 e. The fourth-order valence-electron chi connectivity index (χ4n) is 2.99. The maximum atomic E-state index is 12.5. The lowest BCUT2D eigenvalue weighted by molar-refractivity contribution is 0.571. The summed E-state index contributed by atoms with van der Waals surface area (Å²) in [5.74, 6) is 0.345. The molecule has 0 aliphatic carbocycles. The zero-order chi connectivity index (χ0) is 18.9. The van der Waals surface area contributed by atoms with Gasteiger partial charge in [-0.2, -0.15) is 0 Å². The quantitative estimate of drug-likeness (QED) is 0.721. The molecule has 0 saturated carbocycles. The van der Waals surface area contributed by atoms with Gasteiger partial charge < -0.3 is 0 Å². The lowest BCUT2D eigenvalue weighted by Gasteiger charge is -2.09. The molecule has 0 amide bonds. The molecule has 138 valence electrons. The first-order chi connectivity index (χ1) is 12.3. The van der Waals surface area contributed by atoms with Crippen molar-refractivity contribution in [2.24, 2.45) is 7.05 Å². The Kier molecular flexibility index (Phi) is 5.02. The van der Waals surface area contributed by atoms with Crippen molar-refractivity contribution in [1.82, 2.24) is 13.9 Å². The molecule has 6 nitrogen and oxygen atoms in total. The van der Waals surface area contributed by atoms with Crippen LogP contribution in [0.2, 0.25) is 0 Å². The zero-order valence-electron chi connectivity index (χ0n) is 15.1. The van der Waals surface area contributed by atoms with Crippen molar-refractivity contribution < 1.29 is 8.42 Å². The Morgan fingerprint density at radius 2 is 1.62 bits per heavy atom. The molecule has 0 unspecified atom stereocenters. The molecule has 0 aliphatic rings. The third-order valence-corrected chi connectivity index (χ3v) is 6.01. The number of nitrogens with zero attached hydrogens (tertiary/aromatic N) is 2. The highest BCUT2D eigenvalue weighted by molar-refractivity contribution is 7.89. The highest BCUT2D eigenvalue weighted by Crippen LogP contribution is 2.17. The predicted octanol–water partition coefficient (Wildman–Crippen LogP) is 2.44. The van der Waals surface area contributed by atoms with E-state index in [0.717, 1.165) is 16.6 Å². The van der Waals surface area contributed by atoms with Crippen molar-refractivity contribution in [1.29, 1.82) is 0 Å². The summed E-state index contributed by atoms with van der Waals surface area (Å²) in [6.45, 7) is 4.53. The summed E-state index contributed by atoms with van der Waals surface area (Å²) in [4.78, 5) is 12.6. The van der Waals surface area contributed by atoms with E-state index in [2.05, 4.69) is 18.6 Å². The van der Waals surface area contributed by atoms with Crippen molar-refractivity contribution in [2.45, 2.75) is 31.2 Å². The zero-order valence-corrected chi connectivity index (χ0v) is 16.0. The van der Waals surface area contributed by atoms with Gasteiger partial charge in [0.2, 0.25) is 10.0 Å². The molecule has 0 atom stereocenters. The van der Waals surface area contributed by atoms with Crippen molar-refractivity contribution in [3.05, 3.63) is 64.6 Å².